The molecule has 1 aliphatic heterocycles. The van der Waals surface area contributed by atoms with Gasteiger partial charge in [-0.1, -0.05) is 18.2 Å². The van der Waals surface area contributed by atoms with Crippen molar-refractivity contribution in [1.29, 1.82) is 0 Å². The van der Waals surface area contributed by atoms with Gasteiger partial charge in [0.25, 0.3) is 10.0 Å². The molecule has 1 aromatic carbocycles. The van der Waals surface area contributed by atoms with E-state index in [9.17, 15) is 8.42 Å². The second-order valence-electron chi connectivity index (χ2n) is 5.54. The maximum Gasteiger partial charge on any atom is 0.252 e. The van der Waals surface area contributed by atoms with Gasteiger partial charge in [-0.3, -0.25) is 4.98 Å². The van der Waals surface area contributed by atoms with E-state index in [1.165, 1.54) is 11.3 Å². The minimum atomic E-state index is -3.37. The lowest BCUT2D eigenvalue weighted by Gasteiger charge is -2.34. The number of fused-ring (bicyclic) bond motifs is 1. The van der Waals surface area contributed by atoms with Crippen molar-refractivity contribution in [1.82, 2.24) is 14.3 Å². The van der Waals surface area contributed by atoms with Crippen LogP contribution in [0.15, 0.2) is 52.2 Å². The normalized spacial score (nSPS) is 16.6. The van der Waals surface area contributed by atoms with Gasteiger partial charge >= 0.3 is 0 Å². The van der Waals surface area contributed by atoms with Gasteiger partial charge in [0.05, 0.1) is 17.2 Å². The van der Waals surface area contributed by atoms with Crippen molar-refractivity contribution in [3.05, 3.63) is 48.0 Å². The molecule has 3 heterocycles. The summed E-state index contributed by atoms with van der Waals surface area (Å²) >= 11 is 1.26. The summed E-state index contributed by atoms with van der Waals surface area (Å²) in [6, 6.07) is 11.2. The van der Waals surface area contributed by atoms with E-state index < -0.39 is 10.0 Å². The summed E-state index contributed by atoms with van der Waals surface area (Å²) in [4.78, 5) is 11.1. The van der Waals surface area contributed by atoms with Crippen LogP contribution >= 0.6 is 11.3 Å². The third-order valence-electron chi connectivity index (χ3n) is 4.09. The van der Waals surface area contributed by atoms with Crippen molar-refractivity contribution in [2.45, 2.75) is 4.21 Å². The first kappa shape index (κ1) is 15.5. The number of benzene rings is 1. The van der Waals surface area contributed by atoms with E-state index in [0.717, 1.165) is 16.9 Å². The maximum absolute atomic E-state index is 12.6. The van der Waals surface area contributed by atoms with Crippen LogP contribution in [0.1, 0.15) is 0 Å². The molecular formula is C16H16N4O2S2. The number of hydrogen-bond donors (Lipinski definition) is 0. The van der Waals surface area contributed by atoms with Crippen molar-refractivity contribution in [3.8, 4) is 0 Å². The molecule has 2 aromatic heterocycles. The van der Waals surface area contributed by atoms with Crippen LogP contribution in [0, 0.1) is 0 Å². The van der Waals surface area contributed by atoms with E-state index >= 15 is 0 Å². The Balaban J connectivity index is 1.51. The molecule has 24 heavy (non-hydrogen) atoms. The largest absolute Gasteiger partial charge is 0.353 e. The smallest absolute Gasteiger partial charge is 0.252 e. The molecule has 1 saturated heterocycles. The highest BCUT2D eigenvalue weighted by molar-refractivity contribution is 7.91. The lowest BCUT2D eigenvalue weighted by Crippen LogP contribution is -2.48. The highest BCUT2D eigenvalue weighted by Gasteiger charge is 2.29. The van der Waals surface area contributed by atoms with Crippen LogP contribution in [0.4, 0.5) is 5.82 Å². The van der Waals surface area contributed by atoms with Gasteiger partial charge in [0.2, 0.25) is 0 Å². The Morgan fingerprint density at radius 1 is 0.958 bits per heavy atom. The van der Waals surface area contributed by atoms with Gasteiger partial charge in [-0.2, -0.15) is 4.31 Å². The molecule has 1 aliphatic rings. The average Bonchev–Trinajstić information content (AvgIpc) is 3.17. The fourth-order valence-electron chi connectivity index (χ4n) is 2.79. The van der Waals surface area contributed by atoms with Crippen LogP contribution in [-0.4, -0.2) is 48.9 Å². The molecule has 0 atom stereocenters. The lowest BCUT2D eigenvalue weighted by molar-refractivity contribution is 0.385. The topological polar surface area (TPSA) is 66.4 Å². The predicted molar refractivity (Wildman–Crippen MR) is 94.8 cm³/mol. The quantitative estimate of drug-likeness (QED) is 0.716. The van der Waals surface area contributed by atoms with Gasteiger partial charge in [-0.15, -0.1) is 11.3 Å². The summed E-state index contributed by atoms with van der Waals surface area (Å²) in [7, 11) is -3.37. The molecule has 124 valence electrons. The van der Waals surface area contributed by atoms with Crippen molar-refractivity contribution in [2.75, 3.05) is 31.1 Å². The third-order valence-corrected chi connectivity index (χ3v) is 7.36. The molecule has 8 heteroatoms. The molecule has 0 N–H and O–H groups in total. The lowest BCUT2D eigenvalue weighted by atomic mass is 10.3. The van der Waals surface area contributed by atoms with Gasteiger partial charge in [0.1, 0.15) is 10.0 Å². The van der Waals surface area contributed by atoms with E-state index in [1.807, 2.05) is 24.3 Å². The number of hydrogen-bond acceptors (Lipinski definition) is 6. The van der Waals surface area contributed by atoms with Crippen LogP contribution in [0.5, 0.6) is 0 Å². The number of aromatic nitrogens is 2. The Labute approximate surface area is 144 Å². The highest BCUT2D eigenvalue weighted by atomic mass is 32.2. The summed E-state index contributed by atoms with van der Waals surface area (Å²) < 4.78 is 27.1. The zero-order valence-corrected chi connectivity index (χ0v) is 14.5. The van der Waals surface area contributed by atoms with E-state index in [1.54, 1.807) is 28.0 Å². The average molecular weight is 360 g/mol. The van der Waals surface area contributed by atoms with Gasteiger partial charge in [0, 0.05) is 26.2 Å². The third kappa shape index (κ3) is 2.77. The fraction of sp³-hybridized carbons (Fsp3) is 0.250. The van der Waals surface area contributed by atoms with E-state index in [-0.39, 0.29) is 0 Å². The van der Waals surface area contributed by atoms with Gasteiger partial charge < -0.3 is 4.90 Å². The molecule has 0 aliphatic carbocycles. The van der Waals surface area contributed by atoms with Crippen molar-refractivity contribution < 1.29 is 8.42 Å². The predicted octanol–water partition coefficient (Wildman–Crippen LogP) is 2.20. The molecule has 6 nitrogen and oxygen atoms in total. The van der Waals surface area contributed by atoms with Gasteiger partial charge in [-0.25, -0.2) is 13.4 Å². The van der Waals surface area contributed by atoms with Crippen LogP contribution in [0.2, 0.25) is 0 Å². The Morgan fingerprint density at radius 3 is 2.42 bits per heavy atom. The fourth-order valence-corrected chi connectivity index (χ4v) is 5.36. The molecule has 0 radical (unpaired) electrons. The minimum absolute atomic E-state index is 0.404. The number of piperazine rings is 1. The molecule has 0 saturated carbocycles. The summed E-state index contributed by atoms with van der Waals surface area (Å²) in [5.74, 6) is 0.793. The van der Waals surface area contributed by atoms with Crippen molar-refractivity contribution >= 4 is 38.2 Å². The first-order valence-electron chi connectivity index (χ1n) is 7.65. The number of nitrogens with zero attached hydrogens (tertiary/aromatic N) is 4. The number of anilines is 1. The number of sulfonamides is 1. The number of para-hydroxylation sites is 2. The molecule has 4 rings (SSSR count). The van der Waals surface area contributed by atoms with E-state index in [4.69, 9.17) is 0 Å². The van der Waals surface area contributed by atoms with E-state index in [0.29, 0.717) is 30.4 Å². The summed E-state index contributed by atoms with van der Waals surface area (Å²) in [6.45, 7) is 2.12. The van der Waals surface area contributed by atoms with Gasteiger partial charge in [-0.05, 0) is 23.6 Å². The second kappa shape index (κ2) is 6.12. The van der Waals surface area contributed by atoms with Crippen LogP contribution in [0.25, 0.3) is 11.0 Å². The zero-order valence-electron chi connectivity index (χ0n) is 12.9. The Morgan fingerprint density at radius 2 is 1.71 bits per heavy atom. The Bertz CT molecular complexity index is 949. The van der Waals surface area contributed by atoms with E-state index in [2.05, 4.69) is 14.9 Å². The van der Waals surface area contributed by atoms with Gasteiger partial charge in [0.15, 0.2) is 0 Å². The van der Waals surface area contributed by atoms with Crippen molar-refractivity contribution in [3.63, 3.8) is 0 Å². The van der Waals surface area contributed by atoms with Crippen LogP contribution < -0.4 is 4.90 Å². The standard InChI is InChI=1S/C16H16N4O2S2/c21-24(22,16-6-3-11-23-16)20-9-7-19(8-10-20)15-12-17-13-4-1-2-5-14(13)18-15/h1-6,11-12H,7-10H2. The number of thiophene rings is 1. The molecule has 0 spiro atoms. The van der Waals surface area contributed by atoms with Crippen LogP contribution in [-0.2, 0) is 10.0 Å². The summed E-state index contributed by atoms with van der Waals surface area (Å²) in [5.41, 5.74) is 1.71. The molecule has 3 aromatic rings. The molecule has 0 unspecified atom stereocenters. The maximum atomic E-state index is 12.6. The van der Waals surface area contributed by atoms with Crippen molar-refractivity contribution in [2.24, 2.45) is 0 Å². The van der Waals surface area contributed by atoms with Crippen LogP contribution in [0.3, 0.4) is 0 Å². The summed E-state index contributed by atoms with van der Waals surface area (Å²) in [5, 5.41) is 1.79. The summed E-state index contributed by atoms with van der Waals surface area (Å²) in [6.07, 6.45) is 1.76. The SMILES string of the molecule is O=S(=O)(c1cccs1)N1CCN(c2cnc3ccccc3n2)CC1. The molecule has 1 fully saturated rings. The first-order chi connectivity index (χ1) is 11.6. The monoisotopic (exact) mass is 360 g/mol. The Kier molecular flexibility index (Phi) is 3.95. The minimum Gasteiger partial charge on any atom is -0.353 e. The second-order valence-corrected chi connectivity index (χ2v) is 8.65. The number of rotatable bonds is 3. The Hall–Kier alpha value is -2.03. The molecule has 0 amide bonds. The molecular weight excluding hydrogens is 344 g/mol. The molecule has 0 bridgehead atoms. The first-order valence-corrected chi connectivity index (χ1v) is 9.97. The highest BCUT2D eigenvalue weighted by Crippen LogP contribution is 2.23. The zero-order chi connectivity index (χ0) is 16.6.